The van der Waals surface area contributed by atoms with Crippen LogP contribution in [0.15, 0.2) is 48.5 Å². The maximum atomic E-state index is 13.6. The van der Waals surface area contributed by atoms with E-state index in [0.717, 1.165) is 24.8 Å². The molecule has 1 saturated carbocycles. The van der Waals surface area contributed by atoms with Gasteiger partial charge in [-0.25, -0.2) is 8.42 Å². The van der Waals surface area contributed by atoms with Gasteiger partial charge in [0, 0.05) is 36.9 Å². The number of hydrogen-bond donors (Lipinski definition) is 4. The summed E-state index contributed by atoms with van der Waals surface area (Å²) in [6, 6.07) is 14.9. The molecule has 4 N–H and O–H groups in total. The number of carbonyl (C=O) groups is 1. The van der Waals surface area contributed by atoms with Gasteiger partial charge >= 0.3 is 0 Å². The number of hydrogen-bond acceptors (Lipinski definition) is 6. The number of aliphatic hydroxyl groups is 1. The molecule has 0 aromatic heterocycles. The minimum Gasteiger partial charge on any atom is -0.390 e. The molecule has 4 rings (SSSR count). The predicted molar refractivity (Wildman–Crippen MR) is 153 cm³/mol. The number of rotatable bonds is 11. The highest BCUT2D eigenvalue weighted by atomic mass is 32.2. The summed E-state index contributed by atoms with van der Waals surface area (Å²) in [7, 11) is -3.42. The molecule has 0 bridgehead atoms. The van der Waals surface area contributed by atoms with Crippen molar-refractivity contribution in [2.45, 2.75) is 76.5 Å². The number of benzene rings is 2. The Morgan fingerprint density at radius 2 is 1.82 bits per heavy atom. The standard InChI is InChI=1S/C29H42N4O4S/c1-2-30-25-18-23(19-26(20-25)33-15-9-10-16-38(33,36)37)29(35)32-27(17-22-11-5-3-6-12-22)28(34)21-31-24-13-7-4-8-14-24/h3,5-6,11-12,18-20,24,27-28,30-31,34H,2,4,7-10,13-17,21H2,1H3,(H,32,35)/t27-,28+/m0/s1. The van der Waals surface area contributed by atoms with Crippen LogP contribution in [0.2, 0.25) is 0 Å². The van der Waals surface area contributed by atoms with Crippen LogP contribution in [0.1, 0.15) is 67.8 Å². The second-order valence-corrected chi connectivity index (χ2v) is 12.5. The lowest BCUT2D eigenvalue weighted by Gasteiger charge is -2.30. The average Bonchev–Trinajstić information content (AvgIpc) is 2.92. The predicted octanol–water partition coefficient (Wildman–Crippen LogP) is 3.67. The Bertz CT molecular complexity index is 1150. The summed E-state index contributed by atoms with van der Waals surface area (Å²) >= 11 is 0. The number of nitrogens with zero attached hydrogens (tertiary/aromatic N) is 1. The van der Waals surface area contributed by atoms with Crippen LogP contribution >= 0.6 is 0 Å². The number of amides is 1. The Morgan fingerprint density at radius 3 is 2.53 bits per heavy atom. The third kappa shape index (κ3) is 7.71. The van der Waals surface area contributed by atoms with Crippen LogP contribution < -0.4 is 20.3 Å². The van der Waals surface area contributed by atoms with E-state index in [-0.39, 0.29) is 11.7 Å². The van der Waals surface area contributed by atoms with E-state index >= 15 is 0 Å². The van der Waals surface area contributed by atoms with E-state index in [2.05, 4.69) is 16.0 Å². The first kappa shape index (κ1) is 28.4. The number of anilines is 2. The van der Waals surface area contributed by atoms with Crippen LogP contribution in [0, 0.1) is 0 Å². The van der Waals surface area contributed by atoms with Gasteiger partial charge in [0.05, 0.1) is 23.6 Å². The van der Waals surface area contributed by atoms with Crippen LogP contribution in [-0.2, 0) is 16.4 Å². The van der Waals surface area contributed by atoms with E-state index in [4.69, 9.17) is 0 Å². The van der Waals surface area contributed by atoms with Gasteiger partial charge in [-0.2, -0.15) is 0 Å². The van der Waals surface area contributed by atoms with Gasteiger partial charge in [0.2, 0.25) is 10.0 Å². The van der Waals surface area contributed by atoms with Gasteiger partial charge in [0.15, 0.2) is 0 Å². The van der Waals surface area contributed by atoms with Crippen molar-refractivity contribution in [2.75, 3.05) is 35.0 Å². The maximum absolute atomic E-state index is 13.6. The zero-order chi connectivity index (χ0) is 27.0. The van der Waals surface area contributed by atoms with E-state index in [1.807, 2.05) is 37.3 Å². The first-order valence-electron chi connectivity index (χ1n) is 14.0. The Kier molecular flexibility index (Phi) is 10.0. The third-order valence-corrected chi connectivity index (χ3v) is 9.37. The lowest BCUT2D eigenvalue weighted by Crippen LogP contribution is -2.50. The van der Waals surface area contributed by atoms with Crippen molar-refractivity contribution < 1.29 is 18.3 Å². The molecule has 1 amide bonds. The normalized spacial score (nSPS) is 19.5. The van der Waals surface area contributed by atoms with Gasteiger partial charge in [0.1, 0.15) is 0 Å². The van der Waals surface area contributed by atoms with Gasteiger partial charge < -0.3 is 21.1 Å². The van der Waals surface area contributed by atoms with Gasteiger partial charge in [-0.1, -0.05) is 49.6 Å². The molecule has 1 heterocycles. The fourth-order valence-corrected chi connectivity index (χ4v) is 7.03. The Balaban J connectivity index is 1.54. The van der Waals surface area contributed by atoms with Crippen LogP contribution in [0.3, 0.4) is 0 Å². The maximum Gasteiger partial charge on any atom is 0.251 e. The fourth-order valence-electron chi connectivity index (χ4n) is 5.41. The van der Waals surface area contributed by atoms with Crippen molar-refractivity contribution in [3.8, 4) is 0 Å². The molecular weight excluding hydrogens is 500 g/mol. The lowest BCUT2D eigenvalue weighted by molar-refractivity contribution is 0.0821. The average molecular weight is 543 g/mol. The molecular formula is C29H42N4O4S. The number of sulfonamides is 1. The molecule has 0 spiro atoms. The lowest BCUT2D eigenvalue weighted by atomic mass is 9.95. The summed E-state index contributed by atoms with van der Waals surface area (Å²) in [6.07, 6.45) is 7.03. The SMILES string of the molecule is CCNc1cc(C(=O)N[C@@H](Cc2ccccc2)[C@H](O)CNC2CCCCC2)cc(N2CCCCS2(=O)=O)c1. The zero-order valence-corrected chi connectivity index (χ0v) is 23.2. The third-order valence-electron chi connectivity index (χ3n) is 7.50. The van der Waals surface area contributed by atoms with E-state index in [9.17, 15) is 18.3 Å². The minimum atomic E-state index is -3.42. The summed E-state index contributed by atoms with van der Waals surface area (Å²) in [4.78, 5) is 13.6. The second kappa shape index (κ2) is 13.4. The van der Waals surface area contributed by atoms with E-state index < -0.39 is 22.2 Å². The first-order valence-corrected chi connectivity index (χ1v) is 15.6. The number of nitrogens with one attached hydrogen (secondary N) is 3. The molecule has 2 aromatic rings. The summed E-state index contributed by atoms with van der Waals surface area (Å²) in [5.74, 6) is -0.225. The molecule has 9 heteroatoms. The quantitative estimate of drug-likeness (QED) is 0.345. The largest absolute Gasteiger partial charge is 0.390 e. The Morgan fingerprint density at radius 1 is 1.05 bits per heavy atom. The number of carbonyl (C=O) groups excluding carboxylic acids is 1. The minimum absolute atomic E-state index is 0.110. The molecule has 1 saturated heterocycles. The van der Waals surface area contributed by atoms with Gasteiger partial charge in [-0.05, 0) is 62.8 Å². The monoisotopic (exact) mass is 542 g/mol. The van der Waals surface area contributed by atoms with Crippen molar-refractivity contribution >= 4 is 27.3 Å². The number of aliphatic hydroxyl groups excluding tert-OH is 1. The molecule has 38 heavy (non-hydrogen) atoms. The molecule has 1 aliphatic heterocycles. The van der Waals surface area contributed by atoms with Crippen LogP contribution in [0.5, 0.6) is 0 Å². The highest BCUT2D eigenvalue weighted by molar-refractivity contribution is 7.92. The molecule has 0 radical (unpaired) electrons. The topological polar surface area (TPSA) is 111 Å². The van der Waals surface area contributed by atoms with Crippen LogP contribution in [0.25, 0.3) is 0 Å². The molecule has 208 valence electrons. The van der Waals surface area contributed by atoms with Crippen molar-refractivity contribution in [2.24, 2.45) is 0 Å². The summed E-state index contributed by atoms with van der Waals surface area (Å²) in [5.41, 5.74) is 2.57. The van der Waals surface area contributed by atoms with Crippen molar-refractivity contribution in [3.63, 3.8) is 0 Å². The zero-order valence-electron chi connectivity index (χ0n) is 22.4. The summed E-state index contributed by atoms with van der Waals surface area (Å²) in [5, 5.41) is 21.0. The van der Waals surface area contributed by atoms with E-state index in [1.165, 1.54) is 23.6 Å². The highest BCUT2D eigenvalue weighted by Crippen LogP contribution is 2.28. The molecule has 1 aliphatic carbocycles. The molecule has 2 aromatic carbocycles. The molecule has 8 nitrogen and oxygen atoms in total. The molecule has 2 fully saturated rings. The molecule has 0 unspecified atom stereocenters. The Hall–Kier alpha value is -2.62. The van der Waals surface area contributed by atoms with Crippen LogP contribution in [0.4, 0.5) is 11.4 Å². The van der Waals surface area contributed by atoms with E-state index in [1.54, 1.807) is 18.2 Å². The fraction of sp³-hybridized carbons (Fsp3) is 0.552. The van der Waals surface area contributed by atoms with Crippen molar-refractivity contribution in [1.29, 1.82) is 0 Å². The first-order chi connectivity index (χ1) is 18.4. The smallest absolute Gasteiger partial charge is 0.251 e. The highest BCUT2D eigenvalue weighted by Gasteiger charge is 2.28. The van der Waals surface area contributed by atoms with Gasteiger partial charge in [-0.3, -0.25) is 9.10 Å². The van der Waals surface area contributed by atoms with Crippen molar-refractivity contribution in [3.05, 3.63) is 59.7 Å². The molecule has 2 atom stereocenters. The molecule has 2 aliphatic rings. The van der Waals surface area contributed by atoms with Gasteiger partial charge in [-0.15, -0.1) is 0 Å². The van der Waals surface area contributed by atoms with E-state index in [0.29, 0.717) is 55.5 Å². The second-order valence-electron chi connectivity index (χ2n) is 10.5. The summed E-state index contributed by atoms with van der Waals surface area (Å²) in [6.45, 7) is 3.40. The Labute approximate surface area is 227 Å². The van der Waals surface area contributed by atoms with Crippen molar-refractivity contribution in [1.82, 2.24) is 10.6 Å². The van der Waals surface area contributed by atoms with Gasteiger partial charge in [0.25, 0.3) is 5.91 Å². The summed E-state index contributed by atoms with van der Waals surface area (Å²) < 4.78 is 27.0. The van der Waals surface area contributed by atoms with Crippen LogP contribution in [-0.4, -0.2) is 63.0 Å².